The zero-order valence-corrected chi connectivity index (χ0v) is 10.8. The molecule has 1 aliphatic heterocycles. The van der Waals surface area contributed by atoms with Crippen LogP contribution < -0.4 is 5.73 Å². The van der Waals surface area contributed by atoms with E-state index in [1.165, 1.54) is 16.6 Å². The number of H-pyrrole nitrogens is 1. The van der Waals surface area contributed by atoms with Crippen molar-refractivity contribution in [1.82, 2.24) is 14.5 Å². The highest BCUT2D eigenvalue weighted by molar-refractivity contribution is 7.89. The van der Waals surface area contributed by atoms with Gasteiger partial charge in [0.25, 0.3) is 10.0 Å². The minimum absolute atomic E-state index is 0.0839. The lowest BCUT2D eigenvalue weighted by atomic mass is 10.1. The van der Waals surface area contributed by atoms with Crippen LogP contribution in [0.2, 0.25) is 0 Å². The first-order chi connectivity index (χ1) is 8.03. The molecule has 1 atom stereocenters. The van der Waals surface area contributed by atoms with Crippen molar-refractivity contribution in [3.63, 3.8) is 0 Å². The highest BCUT2D eigenvalue weighted by Crippen LogP contribution is 2.24. The number of hydrogen-bond acceptors (Lipinski definition) is 4. The third-order valence-electron chi connectivity index (χ3n) is 2.84. The van der Waals surface area contributed by atoms with Crippen LogP contribution in [-0.2, 0) is 10.0 Å². The Labute approximate surface area is 105 Å². The van der Waals surface area contributed by atoms with Crippen LogP contribution in [0.3, 0.4) is 0 Å². The van der Waals surface area contributed by atoms with Gasteiger partial charge < -0.3 is 5.73 Å². The van der Waals surface area contributed by atoms with Gasteiger partial charge in [0.15, 0.2) is 5.03 Å². The average molecular weight is 274 g/mol. The smallest absolute Gasteiger partial charge is 0.260 e. The van der Waals surface area contributed by atoms with Crippen molar-refractivity contribution in [3.05, 3.63) is 12.3 Å². The van der Waals surface area contributed by atoms with Crippen molar-refractivity contribution in [2.45, 2.75) is 30.3 Å². The molecule has 0 saturated carbocycles. The van der Waals surface area contributed by atoms with Crippen LogP contribution in [-0.4, -0.2) is 40.5 Å². The molecule has 1 unspecified atom stereocenters. The van der Waals surface area contributed by atoms with E-state index in [2.05, 4.69) is 10.2 Å². The predicted octanol–water partition coefficient (Wildman–Crippen LogP) is 0.239. The molecule has 2 heterocycles. The summed E-state index contributed by atoms with van der Waals surface area (Å²) in [4.78, 5) is 0.229. The van der Waals surface area contributed by atoms with Crippen LogP contribution in [0.15, 0.2) is 17.3 Å². The third-order valence-corrected chi connectivity index (χ3v) is 4.95. The zero-order valence-electron chi connectivity index (χ0n) is 9.17. The number of sulfonamides is 1. The van der Waals surface area contributed by atoms with Gasteiger partial charge in [-0.25, -0.2) is 8.42 Å². The second kappa shape index (κ2) is 4.71. The molecular formula is C9H14N4O2S2. The normalized spacial score (nSPS) is 22.5. The van der Waals surface area contributed by atoms with E-state index >= 15 is 0 Å². The molecule has 0 aromatic carbocycles. The fraction of sp³-hybridized carbons (Fsp3) is 0.556. The Morgan fingerprint density at radius 1 is 1.59 bits per heavy atom. The summed E-state index contributed by atoms with van der Waals surface area (Å²) in [5.41, 5.74) is 5.61. The summed E-state index contributed by atoms with van der Waals surface area (Å²) in [5, 5.41) is 6.21. The van der Waals surface area contributed by atoms with Gasteiger partial charge >= 0.3 is 0 Å². The maximum atomic E-state index is 12.3. The summed E-state index contributed by atoms with van der Waals surface area (Å²) in [6, 6.07) is 1.05. The lowest BCUT2D eigenvalue weighted by Crippen LogP contribution is -2.49. The second-order valence-corrected chi connectivity index (χ2v) is 6.28. The zero-order chi connectivity index (χ0) is 12.5. The van der Waals surface area contributed by atoms with Crippen LogP contribution in [0.4, 0.5) is 0 Å². The molecule has 1 fully saturated rings. The Morgan fingerprint density at radius 3 is 2.94 bits per heavy atom. The molecule has 0 radical (unpaired) electrons. The number of aromatic nitrogens is 2. The molecule has 1 aromatic heterocycles. The van der Waals surface area contributed by atoms with E-state index in [0.717, 1.165) is 12.8 Å². The summed E-state index contributed by atoms with van der Waals surface area (Å²) in [5.74, 6) is 0. The van der Waals surface area contributed by atoms with Gasteiger partial charge in [0, 0.05) is 6.54 Å². The number of nitrogens with two attached hydrogens (primary N) is 1. The second-order valence-electron chi connectivity index (χ2n) is 3.95. The average Bonchev–Trinajstić information content (AvgIpc) is 2.83. The number of nitrogens with one attached hydrogen (secondary N) is 1. The molecule has 1 aromatic rings. The highest BCUT2D eigenvalue weighted by Gasteiger charge is 2.35. The standard InChI is InChI=1S/C9H14N4O2S2/c10-9(16)7-3-1-2-6-13(7)17(14,15)8-4-5-11-12-8/h4-5,7H,1-3,6H2,(H2,10,16)(H,11,12). The molecular weight excluding hydrogens is 260 g/mol. The number of hydrogen-bond donors (Lipinski definition) is 2. The summed E-state index contributed by atoms with van der Waals surface area (Å²) in [6.07, 6.45) is 3.86. The lowest BCUT2D eigenvalue weighted by Gasteiger charge is -2.33. The first kappa shape index (κ1) is 12.5. The molecule has 0 aliphatic carbocycles. The van der Waals surface area contributed by atoms with Crippen molar-refractivity contribution in [3.8, 4) is 0 Å². The molecule has 2 rings (SSSR count). The number of piperidine rings is 1. The van der Waals surface area contributed by atoms with Gasteiger partial charge in [-0.3, -0.25) is 5.10 Å². The third kappa shape index (κ3) is 2.33. The molecule has 1 saturated heterocycles. The van der Waals surface area contributed by atoms with Crippen LogP contribution in [0.1, 0.15) is 19.3 Å². The molecule has 6 nitrogen and oxygen atoms in total. The van der Waals surface area contributed by atoms with Crippen LogP contribution >= 0.6 is 12.2 Å². The molecule has 0 bridgehead atoms. The lowest BCUT2D eigenvalue weighted by molar-refractivity contribution is 0.305. The van der Waals surface area contributed by atoms with Gasteiger partial charge in [-0.15, -0.1) is 0 Å². The van der Waals surface area contributed by atoms with E-state index in [-0.39, 0.29) is 16.1 Å². The Hall–Kier alpha value is -0.990. The van der Waals surface area contributed by atoms with Crippen LogP contribution in [0, 0.1) is 0 Å². The van der Waals surface area contributed by atoms with Gasteiger partial charge in [-0.2, -0.15) is 9.40 Å². The Bertz CT molecular complexity index is 497. The largest absolute Gasteiger partial charge is 0.392 e. The Balaban J connectivity index is 2.34. The molecule has 3 N–H and O–H groups in total. The first-order valence-electron chi connectivity index (χ1n) is 5.34. The van der Waals surface area contributed by atoms with Crippen molar-refractivity contribution >= 4 is 27.2 Å². The SMILES string of the molecule is NC(=S)C1CCCCN1S(=O)(=O)c1ccn[nH]1. The highest BCUT2D eigenvalue weighted by atomic mass is 32.2. The molecule has 8 heteroatoms. The topological polar surface area (TPSA) is 92.1 Å². The molecule has 94 valence electrons. The number of thiocarbonyl (C=S) groups is 1. The maximum Gasteiger partial charge on any atom is 0.260 e. The van der Waals surface area contributed by atoms with Crippen molar-refractivity contribution in [1.29, 1.82) is 0 Å². The van der Waals surface area contributed by atoms with E-state index in [9.17, 15) is 8.42 Å². The number of nitrogens with zero attached hydrogens (tertiary/aromatic N) is 2. The van der Waals surface area contributed by atoms with Crippen LogP contribution in [0.5, 0.6) is 0 Å². The Morgan fingerprint density at radius 2 is 2.35 bits per heavy atom. The molecule has 0 spiro atoms. The molecule has 1 aliphatic rings. The Kier molecular flexibility index (Phi) is 3.45. The summed E-state index contributed by atoms with van der Waals surface area (Å²) in [7, 11) is -3.57. The fourth-order valence-corrected chi connectivity index (χ4v) is 3.88. The fourth-order valence-electron chi connectivity index (χ4n) is 1.99. The minimum atomic E-state index is -3.57. The summed E-state index contributed by atoms with van der Waals surface area (Å²) < 4.78 is 26.0. The quantitative estimate of drug-likeness (QED) is 0.770. The van der Waals surface area contributed by atoms with Gasteiger partial charge in [-0.05, 0) is 18.9 Å². The monoisotopic (exact) mass is 274 g/mol. The van der Waals surface area contributed by atoms with Crippen molar-refractivity contribution in [2.75, 3.05) is 6.54 Å². The first-order valence-corrected chi connectivity index (χ1v) is 7.19. The van der Waals surface area contributed by atoms with E-state index in [0.29, 0.717) is 13.0 Å². The summed E-state index contributed by atoms with van der Waals surface area (Å²) in [6.45, 7) is 0.448. The predicted molar refractivity (Wildman–Crippen MR) is 66.9 cm³/mol. The molecule has 0 amide bonds. The van der Waals surface area contributed by atoms with E-state index in [4.69, 9.17) is 18.0 Å². The van der Waals surface area contributed by atoms with Gasteiger partial charge in [0.2, 0.25) is 0 Å². The van der Waals surface area contributed by atoms with Crippen molar-refractivity contribution < 1.29 is 8.42 Å². The van der Waals surface area contributed by atoms with E-state index in [1.54, 1.807) is 0 Å². The van der Waals surface area contributed by atoms with Crippen LogP contribution in [0.25, 0.3) is 0 Å². The summed E-state index contributed by atoms with van der Waals surface area (Å²) >= 11 is 4.94. The van der Waals surface area contributed by atoms with Gasteiger partial charge in [0.1, 0.15) is 0 Å². The maximum absolute atomic E-state index is 12.3. The van der Waals surface area contributed by atoms with Gasteiger partial charge in [0.05, 0.1) is 17.2 Å². The van der Waals surface area contributed by atoms with E-state index in [1.807, 2.05) is 0 Å². The van der Waals surface area contributed by atoms with Gasteiger partial charge in [-0.1, -0.05) is 18.6 Å². The molecule has 17 heavy (non-hydrogen) atoms. The minimum Gasteiger partial charge on any atom is -0.392 e. The number of rotatable bonds is 3. The van der Waals surface area contributed by atoms with E-state index < -0.39 is 10.0 Å². The van der Waals surface area contributed by atoms with Crippen molar-refractivity contribution in [2.24, 2.45) is 5.73 Å². The number of aromatic amines is 1.